The number of nitrogens with zero attached hydrogens (tertiary/aromatic N) is 3. The molecule has 0 aliphatic heterocycles. The van der Waals surface area contributed by atoms with Crippen molar-refractivity contribution < 1.29 is 9.59 Å². The molecule has 1 aromatic carbocycles. The number of para-hydroxylation sites is 1. The number of thioether (sulfide) groups is 1. The molecule has 2 aromatic rings. The monoisotopic (exact) mass is 319 g/mol. The molecule has 0 bridgehead atoms. The minimum atomic E-state index is -0.839. The molecule has 0 fully saturated rings. The SMILES string of the molecule is Cc1ccccc1-n1c(C)nnc1SCCC(=O)NC(N)=O. The van der Waals surface area contributed by atoms with Crippen LogP contribution in [0.4, 0.5) is 4.79 Å². The van der Waals surface area contributed by atoms with Crippen molar-refractivity contribution >= 4 is 23.7 Å². The van der Waals surface area contributed by atoms with Crippen molar-refractivity contribution in [3.63, 3.8) is 0 Å². The fraction of sp³-hybridized carbons (Fsp3) is 0.286. The molecule has 0 spiro atoms. The number of imide groups is 1. The summed E-state index contributed by atoms with van der Waals surface area (Å²) in [5, 5.41) is 11.0. The summed E-state index contributed by atoms with van der Waals surface area (Å²) in [6.07, 6.45) is 0.174. The number of nitrogens with two attached hydrogens (primary N) is 1. The number of aromatic nitrogens is 3. The summed E-state index contributed by atoms with van der Waals surface area (Å²) in [6.45, 7) is 3.90. The van der Waals surface area contributed by atoms with Crippen molar-refractivity contribution in [2.45, 2.75) is 25.4 Å². The molecule has 0 unspecified atom stereocenters. The van der Waals surface area contributed by atoms with E-state index in [-0.39, 0.29) is 6.42 Å². The van der Waals surface area contributed by atoms with Crippen LogP contribution in [0.5, 0.6) is 0 Å². The molecule has 0 radical (unpaired) electrons. The second-order valence-corrected chi connectivity index (χ2v) is 5.72. The van der Waals surface area contributed by atoms with Gasteiger partial charge in [0.15, 0.2) is 5.16 Å². The number of rotatable bonds is 5. The van der Waals surface area contributed by atoms with Gasteiger partial charge in [0.05, 0.1) is 5.69 Å². The maximum Gasteiger partial charge on any atom is 0.318 e. The standard InChI is InChI=1S/C14H17N5O2S/c1-9-5-3-4-6-11(9)19-10(2)17-18-14(19)22-8-7-12(20)16-13(15)21/h3-6H,7-8H2,1-2H3,(H3,15,16,20,21). The van der Waals surface area contributed by atoms with Crippen LogP contribution in [0.25, 0.3) is 5.69 Å². The number of aryl methyl sites for hydroxylation is 2. The smallest absolute Gasteiger partial charge is 0.318 e. The molecule has 3 amide bonds. The zero-order chi connectivity index (χ0) is 16.1. The molecule has 116 valence electrons. The second kappa shape index (κ2) is 7.08. The van der Waals surface area contributed by atoms with Crippen LogP contribution >= 0.6 is 11.8 Å². The third kappa shape index (κ3) is 3.85. The van der Waals surface area contributed by atoms with Crippen molar-refractivity contribution in [3.8, 4) is 5.69 Å². The van der Waals surface area contributed by atoms with E-state index < -0.39 is 11.9 Å². The molecule has 0 saturated heterocycles. The highest BCUT2D eigenvalue weighted by Crippen LogP contribution is 2.24. The van der Waals surface area contributed by atoms with Crippen molar-refractivity contribution in [1.29, 1.82) is 0 Å². The molecule has 8 heteroatoms. The van der Waals surface area contributed by atoms with Gasteiger partial charge < -0.3 is 5.73 Å². The first kappa shape index (κ1) is 16.0. The predicted octanol–water partition coefficient (Wildman–Crippen LogP) is 1.56. The topological polar surface area (TPSA) is 103 Å². The maximum atomic E-state index is 11.4. The molecule has 7 nitrogen and oxygen atoms in total. The average Bonchev–Trinajstić information content (AvgIpc) is 2.80. The number of hydrogen-bond donors (Lipinski definition) is 2. The number of benzene rings is 1. The quantitative estimate of drug-likeness (QED) is 0.814. The van der Waals surface area contributed by atoms with Crippen molar-refractivity contribution in [2.24, 2.45) is 5.73 Å². The molecule has 1 aromatic heterocycles. The Labute approximate surface area is 132 Å². The fourth-order valence-electron chi connectivity index (χ4n) is 1.96. The van der Waals surface area contributed by atoms with Crippen LogP contribution in [0.1, 0.15) is 17.8 Å². The molecule has 0 aliphatic rings. The average molecular weight is 319 g/mol. The summed E-state index contributed by atoms with van der Waals surface area (Å²) in [5.74, 6) is 0.848. The van der Waals surface area contributed by atoms with Gasteiger partial charge in [-0.05, 0) is 25.5 Å². The molecule has 0 aliphatic carbocycles. The zero-order valence-corrected chi connectivity index (χ0v) is 13.2. The lowest BCUT2D eigenvalue weighted by atomic mass is 10.2. The lowest BCUT2D eigenvalue weighted by Gasteiger charge is -2.10. The molecule has 0 atom stereocenters. The van der Waals surface area contributed by atoms with Gasteiger partial charge in [0.25, 0.3) is 0 Å². The Hall–Kier alpha value is -2.35. The summed E-state index contributed by atoms with van der Waals surface area (Å²) >= 11 is 1.40. The van der Waals surface area contributed by atoms with Gasteiger partial charge in [0.1, 0.15) is 5.82 Å². The van der Waals surface area contributed by atoms with Gasteiger partial charge in [0, 0.05) is 12.2 Å². The van der Waals surface area contributed by atoms with Gasteiger partial charge in [-0.3, -0.25) is 14.7 Å². The maximum absolute atomic E-state index is 11.4. The largest absolute Gasteiger partial charge is 0.351 e. The molecule has 2 rings (SSSR count). The molecule has 0 saturated carbocycles. The Bertz CT molecular complexity index is 698. The third-order valence-corrected chi connectivity index (χ3v) is 3.91. The van der Waals surface area contributed by atoms with E-state index in [1.807, 2.05) is 48.0 Å². The Kier molecular flexibility index (Phi) is 5.16. The van der Waals surface area contributed by atoms with E-state index in [2.05, 4.69) is 10.2 Å². The van der Waals surface area contributed by atoms with Crippen LogP contribution in [0, 0.1) is 13.8 Å². The lowest BCUT2D eigenvalue weighted by molar-refractivity contribution is -0.119. The number of amides is 3. The van der Waals surface area contributed by atoms with Crippen LogP contribution < -0.4 is 11.1 Å². The number of primary amides is 1. The summed E-state index contributed by atoms with van der Waals surface area (Å²) in [6, 6.07) is 7.10. The van der Waals surface area contributed by atoms with Gasteiger partial charge in [-0.25, -0.2) is 4.79 Å². The summed E-state index contributed by atoms with van der Waals surface area (Å²) < 4.78 is 1.95. The zero-order valence-electron chi connectivity index (χ0n) is 12.4. The van der Waals surface area contributed by atoms with Crippen LogP contribution in [0.3, 0.4) is 0 Å². The molecule has 3 N–H and O–H groups in total. The Morgan fingerprint density at radius 3 is 2.68 bits per heavy atom. The number of carbonyl (C=O) groups is 2. The third-order valence-electron chi connectivity index (χ3n) is 2.97. The minimum absolute atomic E-state index is 0.174. The first-order chi connectivity index (χ1) is 10.5. The second-order valence-electron chi connectivity index (χ2n) is 4.66. The Morgan fingerprint density at radius 1 is 1.27 bits per heavy atom. The van der Waals surface area contributed by atoms with E-state index in [4.69, 9.17) is 5.73 Å². The van der Waals surface area contributed by atoms with E-state index in [0.717, 1.165) is 17.1 Å². The minimum Gasteiger partial charge on any atom is -0.351 e. The van der Waals surface area contributed by atoms with Crippen LogP contribution in [-0.2, 0) is 4.79 Å². The highest BCUT2D eigenvalue weighted by atomic mass is 32.2. The summed E-state index contributed by atoms with van der Waals surface area (Å²) in [4.78, 5) is 22.0. The molecule has 1 heterocycles. The normalized spacial score (nSPS) is 10.5. The van der Waals surface area contributed by atoms with Gasteiger partial charge in [-0.2, -0.15) is 0 Å². The van der Waals surface area contributed by atoms with E-state index >= 15 is 0 Å². The summed E-state index contributed by atoms with van der Waals surface area (Å²) in [7, 11) is 0. The Morgan fingerprint density at radius 2 is 2.00 bits per heavy atom. The first-order valence-corrected chi connectivity index (χ1v) is 7.67. The van der Waals surface area contributed by atoms with Gasteiger partial charge in [-0.1, -0.05) is 30.0 Å². The number of carbonyl (C=O) groups excluding carboxylic acids is 2. The van der Waals surface area contributed by atoms with Gasteiger partial charge >= 0.3 is 6.03 Å². The van der Waals surface area contributed by atoms with Crippen LogP contribution in [0.2, 0.25) is 0 Å². The van der Waals surface area contributed by atoms with Crippen LogP contribution in [0.15, 0.2) is 29.4 Å². The highest BCUT2D eigenvalue weighted by molar-refractivity contribution is 7.99. The fourth-order valence-corrected chi connectivity index (χ4v) is 2.89. The van der Waals surface area contributed by atoms with Gasteiger partial charge in [0.2, 0.25) is 5.91 Å². The first-order valence-electron chi connectivity index (χ1n) is 6.69. The van der Waals surface area contributed by atoms with Gasteiger partial charge in [-0.15, -0.1) is 10.2 Å². The lowest BCUT2D eigenvalue weighted by Crippen LogP contribution is -2.35. The van der Waals surface area contributed by atoms with E-state index in [1.54, 1.807) is 0 Å². The van der Waals surface area contributed by atoms with Crippen molar-refractivity contribution in [2.75, 3.05) is 5.75 Å². The van der Waals surface area contributed by atoms with E-state index in [0.29, 0.717) is 10.9 Å². The number of nitrogens with one attached hydrogen (secondary N) is 1. The number of hydrogen-bond acceptors (Lipinski definition) is 5. The molecular weight excluding hydrogens is 302 g/mol. The van der Waals surface area contributed by atoms with Crippen molar-refractivity contribution in [1.82, 2.24) is 20.1 Å². The Balaban J connectivity index is 2.09. The molecular formula is C14H17N5O2S. The highest BCUT2D eigenvalue weighted by Gasteiger charge is 2.13. The van der Waals surface area contributed by atoms with Crippen LogP contribution in [-0.4, -0.2) is 32.5 Å². The number of urea groups is 1. The predicted molar refractivity (Wildman–Crippen MR) is 83.9 cm³/mol. The van der Waals surface area contributed by atoms with E-state index in [9.17, 15) is 9.59 Å². The molecule has 22 heavy (non-hydrogen) atoms. The van der Waals surface area contributed by atoms with E-state index in [1.165, 1.54) is 11.8 Å². The van der Waals surface area contributed by atoms with Crippen molar-refractivity contribution in [3.05, 3.63) is 35.7 Å². The summed E-state index contributed by atoms with van der Waals surface area (Å²) in [5.41, 5.74) is 7.01.